The number of fused-ring (bicyclic) bond motifs is 1. The van der Waals surface area contributed by atoms with Gasteiger partial charge in [-0.2, -0.15) is 0 Å². The van der Waals surface area contributed by atoms with E-state index in [9.17, 15) is 14.7 Å². The van der Waals surface area contributed by atoms with Crippen molar-refractivity contribution in [3.8, 4) is 0 Å². The van der Waals surface area contributed by atoms with Crippen molar-refractivity contribution in [1.82, 2.24) is 4.98 Å². The molecule has 6 heteroatoms. The summed E-state index contributed by atoms with van der Waals surface area (Å²) in [6, 6.07) is 5.57. The lowest BCUT2D eigenvalue weighted by molar-refractivity contribution is -0.150. The number of hydrogen-bond acceptors (Lipinski definition) is 4. The van der Waals surface area contributed by atoms with E-state index in [1.54, 1.807) is 11.3 Å². The fourth-order valence-electron chi connectivity index (χ4n) is 3.15. The van der Waals surface area contributed by atoms with E-state index in [1.165, 1.54) is 0 Å². The highest BCUT2D eigenvalue weighted by molar-refractivity contribution is 7.18. The number of nitrogens with zero attached hydrogens (tertiary/aromatic N) is 1. The van der Waals surface area contributed by atoms with E-state index in [0.29, 0.717) is 18.5 Å². The van der Waals surface area contributed by atoms with Gasteiger partial charge in [-0.3, -0.25) is 9.59 Å². The number of hydrogen-bond donors (Lipinski definition) is 2. The van der Waals surface area contributed by atoms with Crippen molar-refractivity contribution in [2.24, 2.45) is 5.41 Å². The summed E-state index contributed by atoms with van der Waals surface area (Å²) >= 11 is 1.57. The molecular formula is C16H18N2O3S. The molecule has 0 spiro atoms. The summed E-state index contributed by atoms with van der Waals surface area (Å²) in [7, 11) is 0. The Balaban J connectivity index is 1.73. The third-order valence-corrected chi connectivity index (χ3v) is 5.23. The van der Waals surface area contributed by atoms with Gasteiger partial charge in [0.1, 0.15) is 0 Å². The Morgan fingerprint density at radius 3 is 2.77 bits per heavy atom. The second-order valence-electron chi connectivity index (χ2n) is 5.93. The van der Waals surface area contributed by atoms with E-state index >= 15 is 0 Å². The average molecular weight is 318 g/mol. The number of rotatable bonds is 4. The lowest BCUT2D eigenvalue weighted by Crippen LogP contribution is -2.32. The van der Waals surface area contributed by atoms with Gasteiger partial charge < -0.3 is 10.4 Å². The van der Waals surface area contributed by atoms with E-state index in [-0.39, 0.29) is 12.3 Å². The maximum Gasteiger partial charge on any atom is 0.310 e. The van der Waals surface area contributed by atoms with Gasteiger partial charge in [0.2, 0.25) is 5.91 Å². The molecule has 1 amide bonds. The molecule has 1 heterocycles. The second kappa shape index (κ2) is 5.68. The molecule has 1 aromatic heterocycles. The number of carbonyl (C=O) groups is 2. The number of carbonyl (C=O) groups excluding carboxylic acids is 1. The number of carboxylic acid groups (broad SMARTS) is 1. The van der Waals surface area contributed by atoms with Crippen LogP contribution in [0.2, 0.25) is 0 Å². The SMILES string of the molecule is Cc1nc2ccc(NC(=O)CC3(C(=O)O)CCCC3)cc2s1. The van der Waals surface area contributed by atoms with Crippen molar-refractivity contribution < 1.29 is 14.7 Å². The average Bonchev–Trinajstić information content (AvgIpc) is 3.04. The number of thiazole rings is 1. The summed E-state index contributed by atoms with van der Waals surface area (Å²) in [6.45, 7) is 1.94. The van der Waals surface area contributed by atoms with Crippen LogP contribution in [0.1, 0.15) is 37.1 Å². The van der Waals surface area contributed by atoms with Gasteiger partial charge in [0.15, 0.2) is 0 Å². The standard InChI is InChI=1S/C16H18N2O3S/c1-10-17-12-5-4-11(8-13(12)22-10)18-14(19)9-16(15(20)21)6-2-3-7-16/h4-5,8H,2-3,6-7,9H2,1H3,(H,18,19)(H,20,21). The predicted molar refractivity (Wildman–Crippen MR) is 86.1 cm³/mol. The van der Waals surface area contributed by atoms with Crippen LogP contribution in [-0.4, -0.2) is 22.0 Å². The minimum Gasteiger partial charge on any atom is -0.481 e. The Morgan fingerprint density at radius 1 is 1.36 bits per heavy atom. The van der Waals surface area contributed by atoms with Crippen LogP contribution in [0.15, 0.2) is 18.2 Å². The predicted octanol–water partition coefficient (Wildman–Crippen LogP) is 3.58. The minimum absolute atomic E-state index is 0.0437. The highest BCUT2D eigenvalue weighted by Crippen LogP contribution is 2.41. The monoisotopic (exact) mass is 318 g/mol. The van der Waals surface area contributed by atoms with Crippen LogP contribution in [-0.2, 0) is 9.59 Å². The molecule has 1 fully saturated rings. The zero-order chi connectivity index (χ0) is 15.7. The second-order valence-corrected chi connectivity index (χ2v) is 7.17. The van der Waals surface area contributed by atoms with Crippen molar-refractivity contribution in [2.75, 3.05) is 5.32 Å². The molecular weight excluding hydrogens is 300 g/mol. The van der Waals surface area contributed by atoms with Crippen molar-refractivity contribution in [3.05, 3.63) is 23.2 Å². The fourth-order valence-corrected chi connectivity index (χ4v) is 4.01. The summed E-state index contributed by atoms with van der Waals surface area (Å²) in [5.74, 6) is -1.08. The van der Waals surface area contributed by atoms with Gasteiger partial charge in [-0.15, -0.1) is 11.3 Å². The van der Waals surface area contributed by atoms with E-state index in [1.807, 2.05) is 25.1 Å². The maximum absolute atomic E-state index is 12.2. The van der Waals surface area contributed by atoms with E-state index in [4.69, 9.17) is 0 Å². The molecule has 0 unspecified atom stereocenters. The molecule has 2 N–H and O–H groups in total. The van der Waals surface area contributed by atoms with Gasteiger partial charge in [-0.25, -0.2) is 4.98 Å². The van der Waals surface area contributed by atoms with Crippen molar-refractivity contribution in [1.29, 1.82) is 0 Å². The summed E-state index contributed by atoms with van der Waals surface area (Å²) in [6.07, 6.45) is 2.98. The van der Waals surface area contributed by atoms with E-state index in [2.05, 4.69) is 10.3 Å². The third-order valence-electron chi connectivity index (χ3n) is 4.29. The van der Waals surface area contributed by atoms with Gasteiger partial charge in [-0.05, 0) is 38.0 Å². The molecule has 1 aliphatic rings. The topological polar surface area (TPSA) is 79.3 Å². The lowest BCUT2D eigenvalue weighted by atomic mass is 9.82. The largest absolute Gasteiger partial charge is 0.481 e. The summed E-state index contributed by atoms with van der Waals surface area (Å²) in [5, 5.41) is 13.2. The zero-order valence-corrected chi connectivity index (χ0v) is 13.2. The van der Waals surface area contributed by atoms with Crippen molar-refractivity contribution >= 4 is 39.1 Å². The first-order valence-electron chi connectivity index (χ1n) is 7.39. The van der Waals surface area contributed by atoms with Gasteiger partial charge in [0.25, 0.3) is 0 Å². The quantitative estimate of drug-likeness (QED) is 0.903. The summed E-state index contributed by atoms with van der Waals surface area (Å²) in [5.41, 5.74) is 0.730. The van der Waals surface area contributed by atoms with Gasteiger partial charge in [0, 0.05) is 12.1 Å². The fraction of sp³-hybridized carbons (Fsp3) is 0.438. The first-order valence-corrected chi connectivity index (χ1v) is 8.21. The molecule has 0 atom stereocenters. The van der Waals surface area contributed by atoms with Crippen LogP contribution in [0.5, 0.6) is 0 Å². The Morgan fingerprint density at radius 2 is 2.09 bits per heavy atom. The van der Waals surface area contributed by atoms with Gasteiger partial charge in [-0.1, -0.05) is 12.8 Å². The molecule has 0 bridgehead atoms. The number of amides is 1. The maximum atomic E-state index is 12.2. The van der Waals surface area contributed by atoms with Crippen LogP contribution < -0.4 is 5.32 Å². The lowest BCUT2D eigenvalue weighted by Gasteiger charge is -2.22. The number of carboxylic acids is 1. The van der Waals surface area contributed by atoms with Crippen molar-refractivity contribution in [2.45, 2.75) is 39.0 Å². The van der Waals surface area contributed by atoms with Gasteiger partial charge >= 0.3 is 5.97 Å². The van der Waals surface area contributed by atoms with E-state index in [0.717, 1.165) is 28.1 Å². The molecule has 0 saturated heterocycles. The first-order chi connectivity index (χ1) is 10.5. The summed E-state index contributed by atoms with van der Waals surface area (Å²) < 4.78 is 1.02. The van der Waals surface area contributed by atoms with Crippen LogP contribution >= 0.6 is 11.3 Å². The van der Waals surface area contributed by atoms with Crippen molar-refractivity contribution in [3.63, 3.8) is 0 Å². The molecule has 22 heavy (non-hydrogen) atoms. The molecule has 0 radical (unpaired) electrons. The molecule has 1 aromatic carbocycles. The first kappa shape index (κ1) is 15.0. The number of nitrogens with one attached hydrogen (secondary N) is 1. The Labute approximate surface area is 132 Å². The Hall–Kier alpha value is -1.95. The molecule has 5 nitrogen and oxygen atoms in total. The third kappa shape index (κ3) is 2.83. The Bertz CT molecular complexity index is 732. The molecule has 1 aliphatic carbocycles. The smallest absolute Gasteiger partial charge is 0.310 e. The van der Waals surface area contributed by atoms with Crippen LogP contribution in [0.3, 0.4) is 0 Å². The van der Waals surface area contributed by atoms with Crippen LogP contribution in [0.25, 0.3) is 10.2 Å². The highest BCUT2D eigenvalue weighted by atomic mass is 32.1. The number of aromatic nitrogens is 1. The minimum atomic E-state index is -0.880. The van der Waals surface area contributed by atoms with E-state index < -0.39 is 11.4 Å². The molecule has 0 aliphatic heterocycles. The normalized spacial score (nSPS) is 16.8. The Kier molecular flexibility index (Phi) is 3.87. The highest BCUT2D eigenvalue weighted by Gasteiger charge is 2.42. The van der Waals surface area contributed by atoms with Crippen LogP contribution in [0.4, 0.5) is 5.69 Å². The van der Waals surface area contributed by atoms with Crippen LogP contribution in [0, 0.1) is 12.3 Å². The number of benzene rings is 1. The summed E-state index contributed by atoms with van der Waals surface area (Å²) in [4.78, 5) is 28.1. The molecule has 1 saturated carbocycles. The molecule has 3 rings (SSSR count). The molecule has 2 aromatic rings. The number of aryl methyl sites for hydroxylation is 1. The number of aliphatic carboxylic acids is 1. The zero-order valence-electron chi connectivity index (χ0n) is 12.4. The molecule has 116 valence electrons. The van der Waals surface area contributed by atoms with Gasteiger partial charge in [0.05, 0.1) is 20.6 Å². The number of anilines is 1.